The number of hydrogen-bond donors (Lipinski definition) is 2. The number of halogens is 1. The third-order valence-corrected chi connectivity index (χ3v) is 3.57. The predicted molar refractivity (Wildman–Crippen MR) is 90.6 cm³/mol. The molecule has 0 bridgehead atoms. The van der Waals surface area contributed by atoms with Crippen molar-refractivity contribution >= 4 is 27.5 Å². The Morgan fingerprint density at radius 3 is 2.82 bits per heavy atom. The molecule has 0 saturated carbocycles. The van der Waals surface area contributed by atoms with Crippen molar-refractivity contribution in [2.75, 3.05) is 11.9 Å². The van der Waals surface area contributed by atoms with E-state index in [1.807, 2.05) is 6.92 Å². The van der Waals surface area contributed by atoms with Crippen molar-refractivity contribution in [1.29, 1.82) is 0 Å². The van der Waals surface area contributed by atoms with Gasteiger partial charge in [0.25, 0.3) is 5.91 Å². The van der Waals surface area contributed by atoms with E-state index < -0.39 is 0 Å². The molecule has 0 aliphatic rings. The van der Waals surface area contributed by atoms with Gasteiger partial charge in [0.2, 0.25) is 0 Å². The van der Waals surface area contributed by atoms with Crippen LogP contribution in [0.5, 0.6) is 11.5 Å². The number of carbonyl (C=O) groups is 1. The van der Waals surface area contributed by atoms with Gasteiger partial charge in [-0.15, -0.1) is 0 Å². The van der Waals surface area contributed by atoms with Gasteiger partial charge in [0, 0.05) is 5.56 Å². The lowest BCUT2D eigenvalue weighted by molar-refractivity contribution is 0.102. The molecule has 0 radical (unpaired) electrons. The summed E-state index contributed by atoms with van der Waals surface area (Å²) in [4.78, 5) is 12.3. The Kier molecular flexibility index (Phi) is 5.22. The molecule has 4 nitrogen and oxygen atoms in total. The van der Waals surface area contributed by atoms with Crippen LogP contribution in [0.1, 0.15) is 15.9 Å². The number of amides is 1. The Labute approximate surface area is 137 Å². The maximum absolute atomic E-state index is 12.3. The number of anilines is 1. The molecule has 0 aliphatic carbocycles. The van der Waals surface area contributed by atoms with Gasteiger partial charge in [-0.1, -0.05) is 18.7 Å². The van der Waals surface area contributed by atoms with Crippen molar-refractivity contribution < 1.29 is 14.6 Å². The van der Waals surface area contributed by atoms with Crippen LogP contribution < -0.4 is 10.1 Å². The van der Waals surface area contributed by atoms with Crippen LogP contribution in [0.3, 0.4) is 0 Å². The maximum atomic E-state index is 12.3. The first-order valence-electron chi connectivity index (χ1n) is 6.65. The van der Waals surface area contributed by atoms with E-state index >= 15 is 0 Å². The van der Waals surface area contributed by atoms with Gasteiger partial charge in [-0.05, 0) is 58.7 Å². The summed E-state index contributed by atoms with van der Waals surface area (Å²) >= 11 is 3.37. The van der Waals surface area contributed by atoms with Crippen LogP contribution in [0.2, 0.25) is 0 Å². The van der Waals surface area contributed by atoms with E-state index in [0.29, 0.717) is 28.1 Å². The summed E-state index contributed by atoms with van der Waals surface area (Å²) in [7, 11) is 0. The van der Waals surface area contributed by atoms with Crippen LogP contribution in [0.25, 0.3) is 0 Å². The fourth-order valence-electron chi connectivity index (χ4n) is 1.85. The molecule has 0 atom stereocenters. The van der Waals surface area contributed by atoms with Gasteiger partial charge in [0.15, 0.2) is 0 Å². The van der Waals surface area contributed by atoms with Crippen molar-refractivity contribution in [3.8, 4) is 11.5 Å². The summed E-state index contributed by atoms with van der Waals surface area (Å²) in [5, 5.41) is 12.5. The molecule has 0 aromatic heterocycles. The quantitative estimate of drug-likeness (QED) is 0.617. The second-order valence-corrected chi connectivity index (χ2v) is 5.57. The van der Waals surface area contributed by atoms with E-state index in [0.717, 1.165) is 5.56 Å². The van der Waals surface area contributed by atoms with E-state index in [4.69, 9.17) is 4.74 Å². The number of nitrogens with one attached hydrogen (secondary N) is 1. The van der Waals surface area contributed by atoms with Gasteiger partial charge in [-0.3, -0.25) is 4.79 Å². The molecule has 2 rings (SSSR count). The molecule has 0 fully saturated rings. The summed E-state index contributed by atoms with van der Waals surface area (Å²) < 4.78 is 6.11. The molecule has 2 N–H and O–H groups in total. The van der Waals surface area contributed by atoms with Crippen LogP contribution >= 0.6 is 15.9 Å². The minimum absolute atomic E-state index is 0.0314. The second-order valence-electron chi connectivity index (χ2n) is 4.72. The number of aromatic hydroxyl groups is 1. The summed E-state index contributed by atoms with van der Waals surface area (Å²) in [5.74, 6) is 0.357. The van der Waals surface area contributed by atoms with Gasteiger partial charge in [0.05, 0.1) is 10.2 Å². The highest BCUT2D eigenvalue weighted by molar-refractivity contribution is 9.10. The van der Waals surface area contributed by atoms with E-state index in [1.165, 1.54) is 0 Å². The first-order chi connectivity index (χ1) is 10.5. The number of rotatable bonds is 5. The third kappa shape index (κ3) is 3.89. The molecule has 1 amide bonds. The van der Waals surface area contributed by atoms with Crippen molar-refractivity contribution in [2.45, 2.75) is 6.92 Å². The molecular weight excluding hydrogens is 346 g/mol. The molecule has 2 aromatic rings. The lowest BCUT2D eigenvalue weighted by Gasteiger charge is -2.10. The summed E-state index contributed by atoms with van der Waals surface area (Å²) in [5.41, 5.74) is 1.79. The molecule has 114 valence electrons. The normalized spacial score (nSPS) is 10.1. The van der Waals surface area contributed by atoms with Crippen molar-refractivity contribution in [3.63, 3.8) is 0 Å². The molecule has 0 aliphatic heterocycles. The minimum atomic E-state index is -0.308. The number of aryl methyl sites for hydroxylation is 1. The molecule has 2 aromatic carbocycles. The molecule has 5 heteroatoms. The van der Waals surface area contributed by atoms with E-state index in [2.05, 4.69) is 27.8 Å². The Hall–Kier alpha value is -2.27. The second kappa shape index (κ2) is 7.13. The largest absolute Gasteiger partial charge is 0.506 e. The van der Waals surface area contributed by atoms with Gasteiger partial charge >= 0.3 is 0 Å². The number of carbonyl (C=O) groups excluding carboxylic acids is 1. The van der Waals surface area contributed by atoms with Crippen molar-refractivity contribution in [3.05, 3.63) is 64.7 Å². The summed E-state index contributed by atoms with van der Waals surface area (Å²) in [6.45, 7) is 5.86. The van der Waals surface area contributed by atoms with Crippen LogP contribution in [0.4, 0.5) is 5.69 Å². The van der Waals surface area contributed by atoms with Crippen LogP contribution in [0, 0.1) is 6.92 Å². The molecule has 22 heavy (non-hydrogen) atoms. The highest BCUT2D eigenvalue weighted by Gasteiger charge is 2.11. The molecule has 0 unspecified atom stereocenters. The number of phenolic OH excluding ortho intramolecular Hbond substituents is 1. The average Bonchev–Trinajstić information content (AvgIpc) is 2.49. The fourth-order valence-corrected chi connectivity index (χ4v) is 2.35. The monoisotopic (exact) mass is 361 g/mol. The van der Waals surface area contributed by atoms with Crippen molar-refractivity contribution in [2.24, 2.45) is 0 Å². The summed E-state index contributed by atoms with van der Waals surface area (Å²) in [6, 6.07) is 10.1. The topological polar surface area (TPSA) is 58.6 Å². The predicted octanol–water partition coefficient (Wildman–Crippen LogP) is 4.28. The smallest absolute Gasteiger partial charge is 0.255 e. The molecule has 0 saturated heterocycles. The Balaban J connectivity index is 2.17. The zero-order chi connectivity index (χ0) is 16.1. The first kappa shape index (κ1) is 16.1. The average molecular weight is 362 g/mol. The van der Waals surface area contributed by atoms with Gasteiger partial charge in [-0.2, -0.15) is 0 Å². The highest BCUT2D eigenvalue weighted by Crippen LogP contribution is 2.28. The Morgan fingerprint density at radius 2 is 2.14 bits per heavy atom. The van der Waals surface area contributed by atoms with Gasteiger partial charge in [-0.25, -0.2) is 0 Å². The molecular formula is C17H16BrNO3. The zero-order valence-corrected chi connectivity index (χ0v) is 13.7. The van der Waals surface area contributed by atoms with Crippen LogP contribution in [-0.2, 0) is 0 Å². The number of ether oxygens (including phenoxy) is 1. The standard InChI is InChI=1S/C17H16BrNO3/c1-3-8-22-16-7-5-12(10-13(16)18)17(21)19-14-9-11(2)4-6-15(14)20/h3-7,9-10,20H,1,8H2,2H3,(H,19,21). The third-order valence-electron chi connectivity index (χ3n) is 2.95. The van der Waals surface area contributed by atoms with E-state index in [1.54, 1.807) is 42.5 Å². The highest BCUT2D eigenvalue weighted by atomic mass is 79.9. The Morgan fingerprint density at radius 1 is 1.36 bits per heavy atom. The van der Waals surface area contributed by atoms with Gasteiger partial charge in [0.1, 0.15) is 18.1 Å². The minimum Gasteiger partial charge on any atom is -0.506 e. The van der Waals surface area contributed by atoms with Crippen molar-refractivity contribution in [1.82, 2.24) is 0 Å². The number of phenols is 1. The molecule has 0 heterocycles. The van der Waals surface area contributed by atoms with Crippen LogP contribution in [0.15, 0.2) is 53.5 Å². The maximum Gasteiger partial charge on any atom is 0.255 e. The lowest BCUT2D eigenvalue weighted by atomic mass is 10.1. The van der Waals surface area contributed by atoms with Crippen LogP contribution in [-0.4, -0.2) is 17.6 Å². The number of benzene rings is 2. The lowest BCUT2D eigenvalue weighted by Crippen LogP contribution is -2.12. The zero-order valence-electron chi connectivity index (χ0n) is 12.1. The number of hydrogen-bond acceptors (Lipinski definition) is 3. The van der Waals surface area contributed by atoms with Gasteiger partial charge < -0.3 is 15.2 Å². The van der Waals surface area contributed by atoms with E-state index in [9.17, 15) is 9.90 Å². The first-order valence-corrected chi connectivity index (χ1v) is 7.45. The molecule has 0 spiro atoms. The van der Waals surface area contributed by atoms with E-state index in [-0.39, 0.29) is 11.7 Å². The Bertz CT molecular complexity index is 713. The SMILES string of the molecule is C=CCOc1ccc(C(=O)Nc2cc(C)ccc2O)cc1Br. The fraction of sp³-hybridized carbons (Fsp3) is 0.118. The summed E-state index contributed by atoms with van der Waals surface area (Å²) in [6.07, 6.45) is 1.65.